The van der Waals surface area contributed by atoms with Crippen LogP contribution in [0.1, 0.15) is 44.0 Å². The minimum Gasteiger partial charge on any atom is -0.490 e. The third-order valence-corrected chi connectivity index (χ3v) is 5.75. The fourth-order valence-corrected chi connectivity index (χ4v) is 4.44. The Balaban J connectivity index is 1.26. The van der Waals surface area contributed by atoms with Crippen molar-refractivity contribution in [2.45, 2.75) is 45.3 Å². The molecule has 2 aromatic rings. The number of carbonyl (C=O) groups excluding carboxylic acids is 2. The quantitative estimate of drug-likeness (QED) is 0.674. The summed E-state index contributed by atoms with van der Waals surface area (Å²) in [7, 11) is 0. The molecule has 4 rings (SSSR count). The second kappa shape index (κ2) is 8.42. The van der Waals surface area contributed by atoms with Crippen LogP contribution < -0.4 is 4.74 Å². The minimum atomic E-state index is -0.626. The fourth-order valence-electron chi connectivity index (χ4n) is 4.44. The van der Waals surface area contributed by atoms with Crippen molar-refractivity contribution in [1.29, 1.82) is 0 Å². The smallest absolute Gasteiger partial charge is 0.435 e. The van der Waals surface area contributed by atoms with Crippen molar-refractivity contribution in [3.8, 4) is 5.75 Å². The topological polar surface area (TPSA) is 73.7 Å². The SMILES string of the molecule is CC(C)(C)OC(=O)n1cc(C(=O)CN2C[C@H]3C[C@@H](Oc4ccc(F)cc4)C[C@H]3C2)cn1. The van der Waals surface area contributed by atoms with Crippen LogP contribution in [-0.2, 0) is 4.74 Å². The molecule has 31 heavy (non-hydrogen) atoms. The number of ether oxygens (including phenoxy) is 2. The number of Topliss-reactive ketones (excluding diaryl/α,β-unsaturated/α-hetero) is 1. The number of hydrogen-bond acceptors (Lipinski definition) is 6. The zero-order chi connectivity index (χ0) is 22.2. The molecule has 0 radical (unpaired) electrons. The third kappa shape index (κ3) is 5.31. The second-order valence-electron chi connectivity index (χ2n) is 9.46. The van der Waals surface area contributed by atoms with E-state index in [0.29, 0.717) is 29.7 Å². The number of aromatic nitrogens is 2. The first-order valence-corrected chi connectivity index (χ1v) is 10.6. The van der Waals surface area contributed by atoms with Gasteiger partial charge in [-0.25, -0.2) is 9.18 Å². The van der Waals surface area contributed by atoms with E-state index in [-0.39, 0.29) is 17.7 Å². The predicted molar refractivity (Wildman–Crippen MR) is 112 cm³/mol. The lowest BCUT2D eigenvalue weighted by molar-refractivity contribution is 0.0514. The first-order chi connectivity index (χ1) is 14.7. The van der Waals surface area contributed by atoms with Gasteiger partial charge in [0.05, 0.1) is 24.4 Å². The molecular formula is C23H28FN3O4. The lowest BCUT2D eigenvalue weighted by Gasteiger charge is -2.19. The van der Waals surface area contributed by atoms with Gasteiger partial charge in [0.1, 0.15) is 17.2 Å². The number of likely N-dealkylation sites (tertiary alicyclic amines) is 1. The van der Waals surface area contributed by atoms with Crippen LogP contribution in [0.25, 0.3) is 0 Å². The van der Waals surface area contributed by atoms with E-state index in [4.69, 9.17) is 9.47 Å². The van der Waals surface area contributed by atoms with E-state index in [1.165, 1.54) is 24.5 Å². The van der Waals surface area contributed by atoms with E-state index in [1.807, 2.05) is 0 Å². The third-order valence-electron chi connectivity index (χ3n) is 5.75. The van der Waals surface area contributed by atoms with E-state index >= 15 is 0 Å². The first-order valence-electron chi connectivity index (χ1n) is 10.6. The highest BCUT2D eigenvalue weighted by Gasteiger charge is 2.42. The number of benzene rings is 1. The summed E-state index contributed by atoms with van der Waals surface area (Å²) in [5, 5.41) is 3.97. The molecule has 0 N–H and O–H groups in total. The average molecular weight is 429 g/mol. The first kappa shape index (κ1) is 21.5. The van der Waals surface area contributed by atoms with Gasteiger partial charge in [0.15, 0.2) is 5.78 Å². The number of fused-ring (bicyclic) bond motifs is 1. The largest absolute Gasteiger partial charge is 0.490 e. The van der Waals surface area contributed by atoms with Crippen LogP contribution in [0.5, 0.6) is 5.75 Å². The molecule has 8 heteroatoms. The Kier molecular flexibility index (Phi) is 5.83. The molecule has 0 spiro atoms. The van der Waals surface area contributed by atoms with E-state index in [1.54, 1.807) is 32.9 Å². The van der Waals surface area contributed by atoms with Crippen LogP contribution in [0.2, 0.25) is 0 Å². The molecule has 2 aliphatic rings. The molecule has 1 saturated heterocycles. The zero-order valence-corrected chi connectivity index (χ0v) is 18.1. The molecule has 1 aliphatic carbocycles. The zero-order valence-electron chi connectivity index (χ0n) is 18.1. The maximum atomic E-state index is 13.0. The molecule has 1 aromatic heterocycles. The molecular weight excluding hydrogens is 401 g/mol. The van der Waals surface area contributed by atoms with Crippen LogP contribution in [0.4, 0.5) is 9.18 Å². The Labute approximate surface area is 181 Å². The van der Waals surface area contributed by atoms with Gasteiger partial charge in [-0.2, -0.15) is 9.78 Å². The van der Waals surface area contributed by atoms with Gasteiger partial charge in [-0.3, -0.25) is 9.69 Å². The molecule has 2 heterocycles. The predicted octanol–water partition coefficient (Wildman–Crippen LogP) is 3.78. The molecule has 2 fully saturated rings. The molecule has 0 unspecified atom stereocenters. The second-order valence-corrected chi connectivity index (χ2v) is 9.46. The van der Waals surface area contributed by atoms with Crippen LogP contribution >= 0.6 is 0 Å². The maximum absolute atomic E-state index is 13.0. The van der Waals surface area contributed by atoms with Crippen LogP contribution in [0.15, 0.2) is 36.7 Å². The fraction of sp³-hybridized carbons (Fsp3) is 0.522. The summed E-state index contributed by atoms with van der Waals surface area (Å²) in [5.41, 5.74) is -0.223. The Morgan fingerprint density at radius 2 is 1.77 bits per heavy atom. The van der Waals surface area contributed by atoms with Crippen molar-refractivity contribution >= 4 is 11.9 Å². The van der Waals surface area contributed by atoms with E-state index in [0.717, 1.165) is 30.6 Å². The number of carbonyl (C=O) groups is 2. The van der Waals surface area contributed by atoms with Gasteiger partial charge in [-0.1, -0.05) is 0 Å². The summed E-state index contributed by atoms with van der Waals surface area (Å²) in [6, 6.07) is 6.13. The number of rotatable bonds is 5. The normalized spacial score (nSPS) is 23.5. The van der Waals surface area contributed by atoms with Crippen LogP contribution in [-0.4, -0.2) is 57.9 Å². The summed E-state index contributed by atoms with van der Waals surface area (Å²) in [5.74, 6) is 1.34. The van der Waals surface area contributed by atoms with Gasteiger partial charge < -0.3 is 9.47 Å². The van der Waals surface area contributed by atoms with Crippen LogP contribution in [0, 0.1) is 17.7 Å². The summed E-state index contributed by atoms with van der Waals surface area (Å²) in [4.78, 5) is 26.9. The molecule has 7 nitrogen and oxygen atoms in total. The molecule has 0 bridgehead atoms. The van der Waals surface area contributed by atoms with Crippen molar-refractivity contribution in [3.63, 3.8) is 0 Å². The van der Waals surface area contributed by atoms with Crippen molar-refractivity contribution < 1.29 is 23.5 Å². The van der Waals surface area contributed by atoms with E-state index in [9.17, 15) is 14.0 Å². The number of ketones is 1. The van der Waals surface area contributed by atoms with Gasteiger partial charge in [0.2, 0.25) is 0 Å². The van der Waals surface area contributed by atoms with E-state index < -0.39 is 11.7 Å². The molecule has 0 amide bonds. The van der Waals surface area contributed by atoms with Crippen molar-refractivity contribution in [2.24, 2.45) is 11.8 Å². The highest BCUT2D eigenvalue weighted by molar-refractivity contribution is 5.97. The van der Waals surface area contributed by atoms with Gasteiger partial charge in [-0.15, -0.1) is 0 Å². The molecule has 166 valence electrons. The minimum absolute atomic E-state index is 0.0612. The Bertz CT molecular complexity index is 936. The van der Waals surface area contributed by atoms with Crippen molar-refractivity contribution in [1.82, 2.24) is 14.7 Å². The summed E-state index contributed by atoms with van der Waals surface area (Å²) in [6.07, 6.45) is 4.24. The number of hydrogen-bond donors (Lipinski definition) is 0. The van der Waals surface area contributed by atoms with Gasteiger partial charge >= 0.3 is 6.09 Å². The van der Waals surface area contributed by atoms with Gasteiger partial charge in [0.25, 0.3) is 0 Å². The van der Waals surface area contributed by atoms with Gasteiger partial charge in [0, 0.05) is 19.3 Å². The average Bonchev–Trinajstić information content (AvgIpc) is 3.37. The summed E-state index contributed by atoms with van der Waals surface area (Å²) < 4.78 is 25.4. The maximum Gasteiger partial charge on any atom is 0.435 e. The van der Waals surface area contributed by atoms with Crippen molar-refractivity contribution in [3.05, 3.63) is 48.0 Å². The van der Waals surface area contributed by atoms with Crippen molar-refractivity contribution in [2.75, 3.05) is 19.6 Å². The summed E-state index contributed by atoms with van der Waals surface area (Å²) >= 11 is 0. The standard InChI is InChI=1S/C23H28FN3O4/c1-23(2,3)31-22(29)27-13-17(10-25-27)21(28)14-26-11-15-8-20(9-16(15)12-26)30-19-6-4-18(24)5-7-19/h4-7,10,13,15-16,20H,8-9,11-12,14H2,1-3H3/t15-,16+,20-. The van der Waals surface area contributed by atoms with E-state index in [2.05, 4.69) is 10.00 Å². The molecule has 3 atom stereocenters. The Morgan fingerprint density at radius 1 is 1.13 bits per heavy atom. The molecule has 1 aliphatic heterocycles. The van der Waals surface area contributed by atoms with Gasteiger partial charge in [-0.05, 0) is 69.7 Å². The van der Waals surface area contributed by atoms with Crippen LogP contribution in [0.3, 0.4) is 0 Å². The monoisotopic (exact) mass is 429 g/mol. The Hall–Kier alpha value is -2.74. The molecule has 1 saturated carbocycles. The Morgan fingerprint density at radius 3 is 2.39 bits per heavy atom. The lowest BCUT2D eigenvalue weighted by Crippen LogP contribution is -2.30. The number of nitrogens with zero attached hydrogens (tertiary/aromatic N) is 3. The summed E-state index contributed by atoms with van der Waals surface area (Å²) in [6.45, 7) is 7.33. The highest BCUT2D eigenvalue weighted by Crippen LogP contribution is 2.39. The number of halogens is 1. The highest BCUT2D eigenvalue weighted by atomic mass is 19.1. The lowest BCUT2D eigenvalue weighted by atomic mass is 10.0. The molecule has 1 aromatic carbocycles.